The molecule has 5 rings (SSSR count). The molecule has 1 atom stereocenters. The van der Waals surface area contributed by atoms with Gasteiger partial charge in [0.25, 0.3) is 5.91 Å². The number of aromatic nitrogens is 1. The molecule has 3 heterocycles. The molecule has 1 aliphatic rings. The number of hydrogen-bond acceptors (Lipinski definition) is 6. The first kappa shape index (κ1) is 24.6. The van der Waals surface area contributed by atoms with Gasteiger partial charge in [-0.3, -0.25) is 14.5 Å². The van der Waals surface area contributed by atoms with Gasteiger partial charge in [-0.1, -0.05) is 38.0 Å². The lowest BCUT2D eigenvalue weighted by Crippen LogP contribution is -2.30. The maximum absolute atomic E-state index is 13.8. The average molecular weight is 499 g/mol. The zero-order valence-corrected chi connectivity index (χ0v) is 21.3. The van der Waals surface area contributed by atoms with Gasteiger partial charge in [0.15, 0.2) is 16.9 Å². The summed E-state index contributed by atoms with van der Waals surface area (Å²) in [7, 11) is 0. The molecule has 7 heteroatoms. The summed E-state index contributed by atoms with van der Waals surface area (Å²) in [5.74, 6) is 1.29. The van der Waals surface area contributed by atoms with Gasteiger partial charge in [0.1, 0.15) is 11.4 Å². The summed E-state index contributed by atoms with van der Waals surface area (Å²) in [5, 5.41) is 0.430. The molecule has 190 valence electrons. The lowest BCUT2D eigenvalue weighted by molar-refractivity contribution is 0.0970. The maximum Gasteiger partial charge on any atom is 0.296 e. The molecule has 0 fully saturated rings. The fourth-order valence-electron chi connectivity index (χ4n) is 4.74. The highest BCUT2D eigenvalue weighted by Crippen LogP contribution is 2.43. The van der Waals surface area contributed by atoms with Crippen molar-refractivity contribution in [1.82, 2.24) is 4.98 Å². The van der Waals surface area contributed by atoms with E-state index in [-0.39, 0.29) is 11.2 Å². The van der Waals surface area contributed by atoms with E-state index < -0.39 is 11.9 Å². The van der Waals surface area contributed by atoms with E-state index in [1.807, 2.05) is 44.2 Å². The topological polar surface area (TPSA) is 81.9 Å². The van der Waals surface area contributed by atoms with Crippen LogP contribution in [0.2, 0.25) is 0 Å². The second-order valence-electron chi connectivity index (χ2n) is 9.13. The van der Waals surface area contributed by atoms with Crippen LogP contribution in [-0.4, -0.2) is 24.1 Å². The zero-order chi connectivity index (χ0) is 25.9. The molecule has 0 radical (unpaired) electrons. The smallest absolute Gasteiger partial charge is 0.296 e. The van der Waals surface area contributed by atoms with Crippen molar-refractivity contribution in [3.05, 3.63) is 93.5 Å². The molecule has 0 aliphatic carbocycles. The first-order valence-electron chi connectivity index (χ1n) is 12.7. The number of pyridine rings is 1. The van der Waals surface area contributed by atoms with Crippen molar-refractivity contribution in [2.45, 2.75) is 46.1 Å². The molecule has 1 unspecified atom stereocenters. The molecule has 0 saturated heterocycles. The Hall–Kier alpha value is -4.13. The van der Waals surface area contributed by atoms with Crippen molar-refractivity contribution < 1.29 is 18.7 Å². The van der Waals surface area contributed by atoms with Crippen LogP contribution in [0.25, 0.3) is 11.0 Å². The van der Waals surface area contributed by atoms with Crippen LogP contribution in [0.4, 0.5) is 5.82 Å². The van der Waals surface area contributed by atoms with Gasteiger partial charge in [-0.05, 0) is 67.8 Å². The summed E-state index contributed by atoms with van der Waals surface area (Å²) < 4.78 is 18.0. The molecule has 1 aliphatic heterocycles. The fraction of sp³-hybridized carbons (Fsp3) is 0.300. The molecule has 2 aromatic heterocycles. The van der Waals surface area contributed by atoms with Crippen LogP contribution < -0.4 is 19.8 Å². The molecule has 2 aromatic carbocycles. The Morgan fingerprint density at radius 2 is 1.81 bits per heavy atom. The van der Waals surface area contributed by atoms with Gasteiger partial charge in [-0.15, -0.1) is 0 Å². The largest absolute Gasteiger partial charge is 0.490 e. The Balaban J connectivity index is 1.67. The van der Waals surface area contributed by atoms with Gasteiger partial charge in [0.2, 0.25) is 5.76 Å². The molecule has 0 N–H and O–H groups in total. The number of nitrogens with zero attached hydrogens (tertiary/aromatic N) is 2. The number of amides is 1. The Morgan fingerprint density at radius 3 is 2.59 bits per heavy atom. The lowest BCUT2D eigenvalue weighted by Gasteiger charge is -2.25. The molecular formula is C30H30N2O5. The van der Waals surface area contributed by atoms with Crippen molar-refractivity contribution in [2.75, 3.05) is 18.1 Å². The molecule has 7 nitrogen and oxygen atoms in total. The Morgan fingerprint density at radius 1 is 0.973 bits per heavy atom. The molecule has 37 heavy (non-hydrogen) atoms. The maximum atomic E-state index is 13.8. The predicted octanol–water partition coefficient (Wildman–Crippen LogP) is 6.21. The molecular weight excluding hydrogens is 468 g/mol. The Kier molecular flexibility index (Phi) is 6.95. The van der Waals surface area contributed by atoms with E-state index in [1.54, 1.807) is 30.5 Å². The fourth-order valence-corrected chi connectivity index (χ4v) is 4.74. The monoisotopic (exact) mass is 498 g/mol. The number of fused-ring (bicyclic) bond motifs is 2. The number of hydrogen-bond donors (Lipinski definition) is 0. The van der Waals surface area contributed by atoms with E-state index in [0.29, 0.717) is 52.6 Å². The standard InChI is InChI=1S/C30H30N2O5/c1-4-6-9-16-36-23-13-12-20(18-24(23)35-5-2)27-26-28(33)21-10-7-8-11-22(21)37-29(26)30(34)32(27)25-17-19(3)14-15-31-25/h7-8,10-15,17-18,27H,4-6,9,16H2,1-3H3. The van der Waals surface area contributed by atoms with Crippen molar-refractivity contribution >= 4 is 22.7 Å². The molecule has 4 aromatic rings. The third-order valence-corrected chi connectivity index (χ3v) is 6.51. The van der Waals surface area contributed by atoms with Crippen LogP contribution in [0.3, 0.4) is 0 Å². The Labute approximate surface area is 215 Å². The quantitative estimate of drug-likeness (QED) is 0.255. The van der Waals surface area contributed by atoms with Gasteiger partial charge in [-0.25, -0.2) is 4.98 Å². The van der Waals surface area contributed by atoms with Crippen molar-refractivity contribution in [1.29, 1.82) is 0 Å². The first-order valence-corrected chi connectivity index (χ1v) is 12.7. The van der Waals surface area contributed by atoms with Crippen molar-refractivity contribution in [2.24, 2.45) is 0 Å². The van der Waals surface area contributed by atoms with Crippen LogP contribution in [-0.2, 0) is 0 Å². The minimum absolute atomic E-state index is 0.0369. The summed E-state index contributed by atoms with van der Waals surface area (Å²) in [5.41, 5.74) is 2.10. The highest BCUT2D eigenvalue weighted by atomic mass is 16.5. The van der Waals surface area contributed by atoms with Gasteiger partial charge in [0, 0.05) is 6.20 Å². The van der Waals surface area contributed by atoms with E-state index in [4.69, 9.17) is 13.9 Å². The van der Waals surface area contributed by atoms with Crippen molar-refractivity contribution in [3.63, 3.8) is 0 Å². The number of carbonyl (C=O) groups is 1. The third-order valence-electron chi connectivity index (χ3n) is 6.51. The third kappa shape index (κ3) is 4.57. The summed E-state index contributed by atoms with van der Waals surface area (Å²) in [6, 6.07) is 15.5. The molecule has 1 amide bonds. The van der Waals surface area contributed by atoms with Gasteiger partial charge < -0.3 is 13.9 Å². The van der Waals surface area contributed by atoms with E-state index in [1.165, 1.54) is 4.90 Å². The number of anilines is 1. The normalized spacial score (nSPS) is 14.7. The van der Waals surface area contributed by atoms with E-state index in [0.717, 1.165) is 24.8 Å². The second-order valence-corrected chi connectivity index (χ2v) is 9.13. The molecule has 0 saturated carbocycles. The summed E-state index contributed by atoms with van der Waals surface area (Å²) >= 11 is 0. The molecule has 0 bridgehead atoms. The number of benzene rings is 2. The van der Waals surface area contributed by atoms with Crippen LogP contribution in [0.1, 0.15) is 66.4 Å². The van der Waals surface area contributed by atoms with E-state index in [2.05, 4.69) is 11.9 Å². The predicted molar refractivity (Wildman–Crippen MR) is 143 cm³/mol. The number of ether oxygens (including phenoxy) is 2. The summed E-state index contributed by atoms with van der Waals surface area (Å²) in [6.45, 7) is 7.03. The summed E-state index contributed by atoms with van der Waals surface area (Å²) in [4.78, 5) is 33.5. The van der Waals surface area contributed by atoms with E-state index >= 15 is 0 Å². The number of unbranched alkanes of at least 4 members (excludes halogenated alkanes) is 2. The van der Waals surface area contributed by atoms with Gasteiger partial charge in [0.05, 0.1) is 30.2 Å². The number of rotatable bonds is 9. The van der Waals surface area contributed by atoms with Gasteiger partial charge >= 0.3 is 0 Å². The second kappa shape index (κ2) is 10.5. The summed E-state index contributed by atoms with van der Waals surface area (Å²) in [6.07, 6.45) is 4.80. The number of aryl methyl sites for hydroxylation is 1. The SMILES string of the molecule is CCCCCOc1ccc(C2c3c(oc4ccccc4c3=O)C(=O)N2c2cc(C)ccn2)cc1OCC. The first-order chi connectivity index (χ1) is 18.0. The zero-order valence-electron chi connectivity index (χ0n) is 21.3. The number of para-hydroxylation sites is 1. The van der Waals surface area contributed by atoms with Crippen LogP contribution in [0, 0.1) is 6.92 Å². The van der Waals surface area contributed by atoms with Crippen LogP contribution >= 0.6 is 0 Å². The molecule has 0 spiro atoms. The minimum Gasteiger partial charge on any atom is -0.490 e. The van der Waals surface area contributed by atoms with E-state index in [9.17, 15) is 9.59 Å². The Bertz CT molecular complexity index is 1510. The van der Waals surface area contributed by atoms with Crippen LogP contribution in [0.5, 0.6) is 11.5 Å². The number of carbonyl (C=O) groups excluding carboxylic acids is 1. The lowest BCUT2D eigenvalue weighted by atomic mass is 9.98. The minimum atomic E-state index is -0.731. The van der Waals surface area contributed by atoms with Crippen LogP contribution in [0.15, 0.2) is 70.0 Å². The van der Waals surface area contributed by atoms with Gasteiger partial charge in [-0.2, -0.15) is 0 Å². The van der Waals surface area contributed by atoms with Crippen molar-refractivity contribution in [3.8, 4) is 11.5 Å². The highest BCUT2D eigenvalue weighted by Gasteiger charge is 2.44. The average Bonchev–Trinajstić information content (AvgIpc) is 3.20. The highest BCUT2D eigenvalue weighted by molar-refractivity contribution is 6.10.